The lowest BCUT2D eigenvalue weighted by molar-refractivity contribution is -0.145. The lowest BCUT2D eigenvalue weighted by atomic mass is 10.0. The zero-order valence-corrected chi connectivity index (χ0v) is 14.0. The molecule has 0 aliphatic carbocycles. The summed E-state index contributed by atoms with van der Waals surface area (Å²) in [6.45, 7) is 0.647. The van der Waals surface area contributed by atoms with E-state index in [1.165, 1.54) is 0 Å². The summed E-state index contributed by atoms with van der Waals surface area (Å²) >= 11 is 11.8. The Bertz CT molecular complexity index is 554. The van der Waals surface area contributed by atoms with Crippen molar-refractivity contribution >= 4 is 53.2 Å². The second kappa shape index (κ2) is 8.58. The average molecular weight is 368 g/mol. The third-order valence-corrected chi connectivity index (χ3v) is 4.00. The van der Waals surface area contributed by atoms with Crippen LogP contribution in [0.1, 0.15) is 19.3 Å². The number of carboxylic acids is 1. The van der Waals surface area contributed by atoms with Gasteiger partial charge in [-0.2, -0.15) is 0 Å². The first kappa shape index (κ1) is 19.0. The Morgan fingerprint density at radius 1 is 1.32 bits per heavy atom. The number of carbonyl (C=O) groups is 2. The fourth-order valence-corrected chi connectivity index (χ4v) is 2.88. The molecular formula is C14H17Cl3N2O3. The fraction of sp³-hybridized carbons (Fsp3) is 0.429. The number of carbonyl (C=O) groups excluding carboxylic acids is 1. The van der Waals surface area contributed by atoms with Crippen LogP contribution in [0.2, 0.25) is 10.0 Å². The van der Waals surface area contributed by atoms with Gasteiger partial charge in [-0.05, 0) is 37.6 Å². The van der Waals surface area contributed by atoms with Gasteiger partial charge in [-0.3, -0.25) is 14.5 Å². The smallest absolute Gasteiger partial charge is 0.320 e. The van der Waals surface area contributed by atoms with Crippen LogP contribution in [0.3, 0.4) is 0 Å². The van der Waals surface area contributed by atoms with Crippen LogP contribution in [0.25, 0.3) is 0 Å². The molecule has 22 heavy (non-hydrogen) atoms. The van der Waals surface area contributed by atoms with Crippen molar-refractivity contribution in [1.82, 2.24) is 4.90 Å². The second-order valence-corrected chi connectivity index (χ2v) is 5.84. The van der Waals surface area contributed by atoms with Crippen LogP contribution in [0, 0.1) is 0 Å². The Morgan fingerprint density at radius 3 is 2.68 bits per heavy atom. The van der Waals surface area contributed by atoms with Gasteiger partial charge in [0.2, 0.25) is 5.91 Å². The predicted octanol–water partition coefficient (Wildman–Crippen LogP) is 3.29. The van der Waals surface area contributed by atoms with Crippen molar-refractivity contribution in [2.24, 2.45) is 0 Å². The lowest BCUT2D eigenvalue weighted by Gasteiger charge is -2.32. The fourth-order valence-electron chi connectivity index (χ4n) is 2.42. The number of benzene rings is 1. The van der Waals surface area contributed by atoms with Crippen LogP contribution in [0.15, 0.2) is 18.2 Å². The number of aliphatic carboxylic acids is 1. The summed E-state index contributed by atoms with van der Waals surface area (Å²) in [7, 11) is 0. The molecule has 2 N–H and O–H groups in total. The van der Waals surface area contributed by atoms with Crippen molar-refractivity contribution in [3.63, 3.8) is 0 Å². The van der Waals surface area contributed by atoms with Crippen molar-refractivity contribution in [1.29, 1.82) is 0 Å². The molecule has 1 unspecified atom stereocenters. The molecule has 1 aliphatic heterocycles. The first-order valence-electron chi connectivity index (χ1n) is 6.69. The highest BCUT2D eigenvalue weighted by molar-refractivity contribution is 6.36. The van der Waals surface area contributed by atoms with E-state index >= 15 is 0 Å². The number of nitrogens with zero attached hydrogens (tertiary/aromatic N) is 1. The van der Waals surface area contributed by atoms with Gasteiger partial charge in [0.25, 0.3) is 0 Å². The molecule has 1 aromatic rings. The van der Waals surface area contributed by atoms with Gasteiger partial charge in [-0.1, -0.05) is 29.6 Å². The van der Waals surface area contributed by atoms with Crippen LogP contribution in [-0.2, 0) is 9.59 Å². The van der Waals surface area contributed by atoms with Gasteiger partial charge in [-0.25, -0.2) is 0 Å². The lowest BCUT2D eigenvalue weighted by Crippen LogP contribution is -2.47. The number of nitrogens with one attached hydrogen (secondary N) is 1. The molecule has 1 atom stereocenters. The SMILES string of the molecule is Cl.O=C(CN1CCCCC1C(=O)O)Nc1ccc(Cl)cc1Cl. The Hall–Kier alpha value is -1.01. The third kappa shape index (κ3) is 5.02. The van der Waals surface area contributed by atoms with Gasteiger partial charge in [0.15, 0.2) is 0 Å². The van der Waals surface area contributed by atoms with E-state index in [9.17, 15) is 14.7 Å². The summed E-state index contributed by atoms with van der Waals surface area (Å²) in [6.07, 6.45) is 2.35. The van der Waals surface area contributed by atoms with E-state index in [1.807, 2.05) is 0 Å². The number of likely N-dealkylation sites (tertiary alicyclic amines) is 1. The minimum absolute atomic E-state index is 0. The van der Waals surface area contributed by atoms with Gasteiger partial charge in [-0.15, -0.1) is 12.4 Å². The average Bonchev–Trinajstić information content (AvgIpc) is 2.42. The van der Waals surface area contributed by atoms with Gasteiger partial charge in [0.1, 0.15) is 6.04 Å². The third-order valence-electron chi connectivity index (χ3n) is 3.45. The maximum absolute atomic E-state index is 12.0. The number of piperidine rings is 1. The number of hydrogen-bond donors (Lipinski definition) is 2. The normalized spacial score (nSPS) is 18.4. The van der Waals surface area contributed by atoms with Crippen LogP contribution in [0.4, 0.5) is 5.69 Å². The van der Waals surface area contributed by atoms with E-state index in [1.54, 1.807) is 23.1 Å². The zero-order chi connectivity index (χ0) is 15.4. The molecule has 1 fully saturated rings. The molecule has 0 spiro atoms. The number of amides is 1. The standard InChI is InChI=1S/C14H16Cl2N2O3.ClH/c15-9-4-5-11(10(16)7-9)17-13(19)8-18-6-2-1-3-12(18)14(20)21;/h4-5,7,12H,1-3,6,8H2,(H,17,19)(H,20,21);1H. The summed E-state index contributed by atoms with van der Waals surface area (Å²) in [5.74, 6) is -1.17. The van der Waals surface area contributed by atoms with Crippen molar-refractivity contribution in [2.75, 3.05) is 18.4 Å². The minimum atomic E-state index is -0.882. The quantitative estimate of drug-likeness (QED) is 0.857. The van der Waals surface area contributed by atoms with E-state index < -0.39 is 12.0 Å². The van der Waals surface area contributed by atoms with Crippen LogP contribution < -0.4 is 5.32 Å². The largest absolute Gasteiger partial charge is 0.480 e. The zero-order valence-electron chi connectivity index (χ0n) is 11.7. The van der Waals surface area contributed by atoms with Gasteiger partial charge in [0, 0.05) is 5.02 Å². The van der Waals surface area contributed by atoms with Gasteiger partial charge in [0.05, 0.1) is 17.3 Å². The summed E-state index contributed by atoms with van der Waals surface area (Å²) in [6, 6.07) is 4.20. The Kier molecular flexibility index (Phi) is 7.42. The van der Waals surface area contributed by atoms with Crippen molar-refractivity contribution in [3.8, 4) is 0 Å². The highest BCUT2D eigenvalue weighted by atomic mass is 35.5. The topological polar surface area (TPSA) is 69.6 Å². The van der Waals surface area contributed by atoms with Crippen LogP contribution in [0.5, 0.6) is 0 Å². The highest BCUT2D eigenvalue weighted by Crippen LogP contribution is 2.25. The van der Waals surface area contributed by atoms with E-state index in [0.717, 1.165) is 12.8 Å². The number of anilines is 1. The molecule has 0 bridgehead atoms. The number of hydrogen-bond acceptors (Lipinski definition) is 3. The molecule has 1 aliphatic rings. The molecule has 8 heteroatoms. The van der Waals surface area contributed by atoms with E-state index in [-0.39, 0.29) is 24.9 Å². The van der Waals surface area contributed by atoms with Gasteiger partial charge < -0.3 is 10.4 Å². The molecule has 1 amide bonds. The Labute approximate surface area is 145 Å². The first-order chi connectivity index (χ1) is 9.97. The van der Waals surface area contributed by atoms with Gasteiger partial charge >= 0.3 is 5.97 Å². The molecule has 0 saturated carbocycles. The molecule has 1 heterocycles. The maximum Gasteiger partial charge on any atom is 0.320 e. The maximum atomic E-state index is 12.0. The molecule has 0 aromatic heterocycles. The number of rotatable bonds is 4. The monoisotopic (exact) mass is 366 g/mol. The van der Waals surface area contributed by atoms with E-state index in [0.29, 0.717) is 28.7 Å². The Morgan fingerprint density at radius 2 is 2.05 bits per heavy atom. The summed E-state index contributed by atoms with van der Waals surface area (Å²) in [4.78, 5) is 24.9. The molecule has 2 rings (SSSR count). The van der Waals surface area contributed by atoms with Crippen molar-refractivity contribution in [3.05, 3.63) is 28.2 Å². The summed E-state index contributed by atoms with van der Waals surface area (Å²) in [5.41, 5.74) is 0.468. The molecule has 1 aromatic carbocycles. The molecule has 0 radical (unpaired) electrons. The molecule has 122 valence electrons. The Balaban J connectivity index is 0.00000242. The second-order valence-electron chi connectivity index (χ2n) is 4.99. The highest BCUT2D eigenvalue weighted by Gasteiger charge is 2.29. The van der Waals surface area contributed by atoms with E-state index in [4.69, 9.17) is 23.2 Å². The first-order valence-corrected chi connectivity index (χ1v) is 7.44. The van der Waals surface area contributed by atoms with E-state index in [2.05, 4.69) is 5.32 Å². The van der Waals surface area contributed by atoms with Crippen LogP contribution >= 0.6 is 35.6 Å². The number of halogens is 3. The van der Waals surface area contributed by atoms with Crippen LogP contribution in [-0.4, -0.2) is 41.0 Å². The molecule has 1 saturated heterocycles. The summed E-state index contributed by atoms with van der Waals surface area (Å²) in [5, 5.41) is 12.7. The molecular weight excluding hydrogens is 351 g/mol. The number of carboxylic acid groups (broad SMARTS) is 1. The molecule has 5 nitrogen and oxygen atoms in total. The van der Waals surface area contributed by atoms with Crippen molar-refractivity contribution in [2.45, 2.75) is 25.3 Å². The van der Waals surface area contributed by atoms with Crippen molar-refractivity contribution < 1.29 is 14.7 Å². The summed E-state index contributed by atoms with van der Waals surface area (Å²) < 4.78 is 0. The minimum Gasteiger partial charge on any atom is -0.480 e. The predicted molar refractivity (Wildman–Crippen MR) is 89.2 cm³/mol.